The fourth-order valence-corrected chi connectivity index (χ4v) is 3.81. The Hall–Kier alpha value is -1.07. The first-order valence-electron chi connectivity index (χ1n) is 7.24. The topological polar surface area (TPSA) is 55.4 Å². The van der Waals surface area contributed by atoms with Crippen LogP contribution in [0.25, 0.3) is 0 Å². The molecular formula is C15H23NO3S. The monoisotopic (exact) mass is 297 g/mol. The van der Waals surface area contributed by atoms with Crippen LogP contribution in [0.4, 0.5) is 0 Å². The molecule has 0 amide bonds. The highest BCUT2D eigenvalue weighted by Gasteiger charge is 2.22. The molecule has 5 heteroatoms. The van der Waals surface area contributed by atoms with Crippen LogP contribution in [0.15, 0.2) is 24.3 Å². The molecule has 0 unspecified atom stereocenters. The first-order chi connectivity index (χ1) is 9.59. The number of nitrogens with one attached hydrogen (secondary N) is 1. The highest BCUT2D eigenvalue weighted by atomic mass is 32.2. The van der Waals surface area contributed by atoms with Crippen LogP contribution in [0.2, 0.25) is 0 Å². The summed E-state index contributed by atoms with van der Waals surface area (Å²) in [5.41, 5.74) is 1.17. The average Bonchev–Trinajstić information content (AvgIpc) is 2.44. The van der Waals surface area contributed by atoms with E-state index in [1.54, 1.807) is 0 Å². The van der Waals surface area contributed by atoms with Crippen molar-refractivity contribution >= 4 is 9.84 Å². The van der Waals surface area contributed by atoms with Gasteiger partial charge in [-0.05, 0) is 37.0 Å². The van der Waals surface area contributed by atoms with E-state index in [1.165, 1.54) is 5.56 Å². The SMILES string of the molecule is CCCOc1cccc(CNC2CCS(=O)(=O)CC2)c1. The van der Waals surface area contributed by atoms with Crippen LogP contribution in [0.3, 0.4) is 0 Å². The Bertz CT molecular complexity index is 514. The normalized spacial score (nSPS) is 18.9. The van der Waals surface area contributed by atoms with Gasteiger partial charge in [-0.25, -0.2) is 8.42 Å². The smallest absolute Gasteiger partial charge is 0.150 e. The molecule has 1 heterocycles. The van der Waals surface area contributed by atoms with Gasteiger partial charge in [0, 0.05) is 12.6 Å². The third kappa shape index (κ3) is 4.80. The minimum atomic E-state index is -2.78. The zero-order chi connectivity index (χ0) is 14.4. The molecule has 0 spiro atoms. The zero-order valence-corrected chi connectivity index (χ0v) is 12.8. The molecule has 0 saturated carbocycles. The molecule has 0 aromatic heterocycles. The molecule has 0 atom stereocenters. The lowest BCUT2D eigenvalue weighted by Crippen LogP contribution is -2.37. The van der Waals surface area contributed by atoms with Crippen molar-refractivity contribution in [1.29, 1.82) is 0 Å². The number of rotatable bonds is 6. The third-order valence-corrected chi connectivity index (χ3v) is 5.24. The zero-order valence-electron chi connectivity index (χ0n) is 12.0. The molecule has 20 heavy (non-hydrogen) atoms. The van der Waals surface area contributed by atoms with Crippen LogP contribution in [-0.4, -0.2) is 32.6 Å². The molecule has 1 aliphatic rings. The summed E-state index contributed by atoms with van der Waals surface area (Å²) in [5.74, 6) is 1.52. The Morgan fingerprint density at radius 3 is 2.75 bits per heavy atom. The number of ether oxygens (including phenoxy) is 1. The minimum Gasteiger partial charge on any atom is -0.494 e. The summed E-state index contributed by atoms with van der Waals surface area (Å²) >= 11 is 0. The van der Waals surface area contributed by atoms with Crippen LogP contribution in [0.1, 0.15) is 31.7 Å². The molecule has 1 N–H and O–H groups in total. The summed E-state index contributed by atoms with van der Waals surface area (Å²) in [7, 11) is -2.78. The number of benzene rings is 1. The predicted molar refractivity (Wildman–Crippen MR) is 80.7 cm³/mol. The molecule has 112 valence electrons. The van der Waals surface area contributed by atoms with E-state index in [9.17, 15) is 8.42 Å². The van der Waals surface area contributed by atoms with E-state index in [-0.39, 0.29) is 0 Å². The van der Waals surface area contributed by atoms with Gasteiger partial charge in [0.2, 0.25) is 0 Å². The molecular weight excluding hydrogens is 274 g/mol. The second kappa shape index (κ2) is 7.09. The molecule has 4 nitrogen and oxygen atoms in total. The van der Waals surface area contributed by atoms with Crippen molar-refractivity contribution in [1.82, 2.24) is 5.32 Å². The van der Waals surface area contributed by atoms with E-state index in [0.717, 1.165) is 25.3 Å². The van der Waals surface area contributed by atoms with Crippen molar-refractivity contribution in [2.24, 2.45) is 0 Å². The van der Waals surface area contributed by atoms with E-state index in [4.69, 9.17) is 4.74 Å². The Labute approximate surface area is 121 Å². The Balaban J connectivity index is 1.82. The Kier molecular flexibility index (Phi) is 5.43. The maximum atomic E-state index is 11.4. The summed E-state index contributed by atoms with van der Waals surface area (Å²) in [6.45, 7) is 3.58. The summed E-state index contributed by atoms with van der Waals surface area (Å²) in [6, 6.07) is 8.37. The van der Waals surface area contributed by atoms with Crippen molar-refractivity contribution in [3.05, 3.63) is 29.8 Å². The van der Waals surface area contributed by atoms with Gasteiger partial charge in [-0.15, -0.1) is 0 Å². The molecule has 0 bridgehead atoms. The van der Waals surface area contributed by atoms with E-state index >= 15 is 0 Å². The summed E-state index contributed by atoms with van der Waals surface area (Å²) in [6.07, 6.45) is 2.43. The first kappa shape index (κ1) is 15.3. The summed E-state index contributed by atoms with van der Waals surface area (Å²) < 4.78 is 28.4. The molecule has 0 radical (unpaired) electrons. The fourth-order valence-electron chi connectivity index (χ4n) is 2.32. The number of sulfone groups is 1. The largest absolute Gasteiger partial charge is 0.494 e. The van der Waals surface area contributed by atoms with Gasteiger partial charge in [-0.1, -0.05) is 19.1 Å². The summed E-state index contributed by atoms with van der Waals surface area (Å²) in [4.78, 5) is 0. The van der Waals surface area contributed by atoms with Crippen LogP contribution >= 0.6 is 0 Å². The van der Waals surface area contributed by atoms with Crippen molar-refractivity contribution in [2.45, 2.75) is 38.8 Å². The van der Waals surface area contributed by atoms with Gasteiger partial charge >= 0.3 is 0 Å². The quantitative estimate of drug-likeness (QED) is 0.874. The number of hydrogen-bond acceptors (Lipinski definition) is 4. The van der Waals surface area contributed by atoms with Gasteiger partial charge in [0.25, 0.3) is 0 Å². The van der Waals surface area contributed by atoms with Gasteiger partial charge in [-0.2, -0.15) is 0 Å². The van der Waals surface area contributed by atoms with E-state index in [1.807, 2.05) is 18.2 Å². The Morgan fingerprint density at radius 2 is 2.05 bits per heavy atom. The van der Waals surface area contributed by atoms with Gasteiger partial charge in [0.1, 0.15) is 15.6 Å². The van der Waals surface area contributed by atoms with Crippen molar-refractivity contribution < 1.29 is 13.2 Å². The van der Waals surface area contributed by atoms with E-state index in [0.29, 0.717) is 30.4 Å². The Morgan fingerprint density at radius 1 is 1.30 bits per heavy atom. The van der Waals surface area contributed by atoms with Gasteiger partial charge in [0.05, 0.1) is 18.1 Å². The molecule has 1 fully saturated rings. The molecule has 1 saturated heterocycles. The maximum Gasteiger partial charge on any atom is 0.150 e. The fraction of sp³-hybridized carbons (Fsp3) is 0.600. The second-order valence-electron chi connectivity index (χ2n) is 5.30. The van der Waals surface area contributed by atoms with Crippen LogP contribution in [0.5, 0.6) is 5.75 Å². The highest BCUT2D eigenvalue weighted by Crippen LogP contribution is 2.16. The molecule has 1 aliphatic heterocycles. The first-order valence-corrected chi connectivity index (χ1v) is 9.07. The lowest BCUT2D eigenvalue weighted by molar-refractivity contribution is 0.317. The molecule has 1 aromatic rings. The predicted octanol–water partition coefficient (Wildman–Crippen LogP) is 2.14. The maximum absolute atomic E-state index is 11.4. The number of hydrogen-bond donors (Lipinski definition) is 1. The average molecular weight is 297 g/mol. The lowest BCUT2D eigenvalue weighted by atomic mass is 10.1. The van der Waals surface area contributed by atoms with Crippen molar-refractivity contribution in [3.8, 4) is 5.75 Å². The summed E-state index contributed by atoms with van der Waals surface area (Å²) in [5, 5.41) is 3.44. The van der Waals surface area contributed by atoms with Crippen LogP contribution in [0, 0.1) is 0 Å². The molecule has 2 rings (SSSR count). The van der Waals surface area contributed by atoms with Crippen LogP contribution in [-0.2, 0) is 16.4 Å². The van der Waals surface area contributed by atoms with Crippen molar-refractivity contribution in [2.75, 3.05) is 18.1 Å². The van der Waals surface area contributed by atoms with Crippen molar-refractivity contribution in [3.63, 3.8) is 0 Å². The van der Waals surface area contributed by atoms with E-state index in [2.05, 4.69) is 18.3 Å². The highest BCUT2D eigenvalue weighted by molar-refractivity contribution is 7.91. The molecule has 1 aromatic carbocycles. The van der Waals surface area contributed by atoms with Crippen LogP contribution < -0.4 is 10.1 Å². The third-order valence-electron chi connectivity index (χ3n) is 3.52. The van der Waals surface area contributed by atoms with Gasteiger partial charge in [-0.3, -0.25) is 0 Å². The standard InChI is InChI=1S/C15H23NO3S/c1-2-8-19-15-5-3-4-13(11-15)12-16-14-6-9-20(17,18)10-7-14/h3-5,11,14,16H,2,6-10,12H2,1H3. The lowest BCUT2D eigenvalue weighted by Gasteiger charge is -2.23. The second-order valence-corrected chi connectivity index (χ2v) is 7.61. The molecule has 0 aliphatic carbocycles. The van der Waals surface area contributed by atoms with E-state index < -0.39 is 9.84 Å². The minimum absolute atomic E-state index is 0.304. The van der Waals surface area contributed by atoms with Gasteiger partial charge in [0.15, 0.2) is 0 Å². The van der Waals surface area contributed by atoms with Gasteiger partial charge < -0.3 is 10.1 Å².